The SMILES string of the molecule is CN1CCCCC1CCN1CC2CNCC2C1(C)C. The van der Waals surface area contributed by atoms with E-state index >= 15 is 0 Å². The number of nitrogens with one attached hydrogen (secondary N) is 1. The molecule has 19 heavy (non-hydrogen) atoms. The van der Waals surface area contributed by atoms with Crippen molar-refractivity contribution in [3.05, 3.63) is 0 Å². The highest BCUT2D eigenvalue weighted by atomic mass is 15.3. The van der Waals surface area contributed by atoms with Crippen LogP contribution >= 0.6 is 0 Å². The van der Waals surface area contributed by atoms with Gasteiger partial charge in [0.1, 0.15) is 0 Å². The molecule has 1 N–H and O–H groups in total. The van der Waals surface area contributed by atoms with Crippen molar-refractivity contribution in [2.45, 2.75) is 51.1 Å². The maximum Gasteiger partial charge on any atom is 0.0197 e. The molecule has 0 aromatic rings. The van der Waals surface area contributed by atoms with Gasteiger partial charge in [0.05, 0.1) is 0 Å². The fourth-order valence-corrected chi connectivity index (χ4v) is 4.70. The summed E-state index contributed by atoms with van der Waals surface area (Å²) in [5.74, 6) is 1.77. The summed E-state index contributed by atoms with van der Waals surface area (Å²) in [6.45, 7) is 11.3. The Morgan fingerprint density at radius 1 is 1.21 bits per heavy atom. The quantitative estimate of drug-likeness (QED) is 0.839. The maximum atomic E-state index is 3.58. The van der Waals surface area contributed by atoms with Crippen LogP contribution < -0.4 is 5.32 Å². The molecular weight excluding hydrogens is 234 g/mol. The van der Waals surface area contributed by atoms with Gasteiger partial charge in [0.25, 0.3) is 0 Å². The molecule has 0 aromatic heterocycles. The number of likely N-dealkylation sites (tertiary alicyclic amines) is 2. The van der Waals surface area contributed by atoms with E-state index < -0.39 is 0 Å². The van der Waals surface area contributed by atoms with E-state index in [2.05, 4.69) is 36.0 Å². The molecule has 0 radical (unpaired) electrons. The van der Waals surface area contributed by atoms with Gasteiger partial charge in [-0.3, -0.25) is 4.90 Å². The van der Waals surface area contributed by atoms with Crippen molar-refractivity contribution in [2.24, 2.45) is 11.8 Å². The molecule has 3 saturated heterocycles. The second kappa shape index (κ2) is 5.34. The molecule has 3 unspecified atom stereocenters. The monoisotopic (exact) mass is 265 g/mol. The van der Waals surface area contributed by atoms with Crippen molar-refractivity contribution in [1.29, 1.82) is 0 Å². The van der Waals surface area contributed by atoms with Crippen LogP contribution in [0.3, 0.4) is 0 Å². The topological polar surface area (TPSA) is 18.5 Å². The average molecular weight is 265 g/mol. The molecule has 3 heteroatoms. The molecule has 3 aliphatic heterocycles. The Bertz CT molecular complexity index is 315. The predicted octanol–water partition coefficient (Wildman–Crippen LogP) is 1.79. The van der Waals surface area contributed by atoms with Crippen molar-refractivity contribution in [3.8, 4) is 0 Å². The minimum absolute atomic E-state index is 0.404. The zero-order valence-corrected chi connectivity index (χ0v) is 13.0. The van der Waals surface area contributed by atoms with Crippen LogP contribution in [-0.4, -0.2) is 61.2 Å². The summed E-state index contributed by atoms with van der Waals surface area (Å²) in [7, 11) is 2.32. The van der Waals surface area contributed by atoms with E-state index in [1.165, 1.54) is 58.4 Å². The minimum Gasteiger partial charge on any atom is -0.316 e. The molecule has 110 valence electrons. The van der Waals surface area contributed by atoms with Gasteiger partial charge in [-0.25, -0.2) is 0 Å². The zero-order chi connectivity index (χ0) is 13.5. The van der Waals surface area contributed by atoms with Crippen LogP contribution in [0.5, 0.6) is 0 Å². The number of rotatable bonds is 3. The van der Waals surface area contributed by atoms with Crippen molar-refractivity contribution < 1.29 is 0 Å². The molecule has 3 nitrogen and oxygen atoms in total. The summed E-state index contributed by atoms with van der Waals surface area (Å²) < 4.78 is 0. The van der Waals surface area contributed by atoms with E-state index in [1.54, 1.807) is 0 Å². The lowest BCUT2D eigenvalue weighted by molar-refractivity contribution is 0.108. The molecular formula is C16H31N3. The third-order valence-electron chi connectivity index (χ3n) is 6.17. The van der Waals surface area contributed by atoms with Gasteiger partial charge in [-0.15, -0.1) is 0 Å². The van der Waals surface area contributed by atoms with Crippen LogP contribution in [0.4, 0.5) is 0 Å². The summed E-state index contributed by atoms with van der Waals surface area (Å²) in [6, 6.07) is 0.836. The summed E-state index contributed by atoms with van der Waals surface area (Å²) in [5.41, 5.74) is 0.404. The Hall–Kier alpha value is -0.120. The summed E-state index contributed by atoms with van der Waals surface area (Å²) in [6.07, 6.45) is 5.62. The third kappa shape index (κ3) is 2.57. The Kier molecular flexibility index (Phi) is 3.89. The number of hydrogen-bond acceptors (Lipinski definition) is 3. The molecule has 0 bridgehead atoms. The molecule has 3 rings (SSSR count). The van der Waals surface area contributed by atoms with Crippen LogP contribution in [0.15, 0.2) is 0 Å². The first-order chi connectivity index (χ1) is 9.09. The first-order valence-electron chi connectivity index (χ1n) is 8.25. The smallest absolute Gasteiger partial charge is 0.0197 e. The lowest BCUT2D eigenvalue weighted by Gasteiger charge is -2.38. The van der Waals surface area contributed by atoms with Crippen molar-refractivity contribution in [2.75, 3.05) is 39.8 Å². The standard InChI is InChI=1S/C16H31N3/c1-16(2)15-11-17-10-13(15)12-19(16)9-7-14-6-4-5-8-18(14)3/h13-15,17H,4-12H2,1-3H3. The molecule has 3 atom stereocenters. The van der Waals surface area contributed by atoms with Gasteiger partial charge in [0.2, 0.25) is 0 Å². The van der Waals surface area contributed by atoms with Crippen molar-refractivity contribution >= 4 is 0 Å². The Morgan fingerprint density at radius 3 is 2.79 bits per heavy atom. The molecule has 0 aromatic carbocycles. The summed E-state index contributed by atoms with van der Waals surface area (Å²) >= 11 is 0. The molecule has 0 amide bonds. The van der Waals surface area contributed by atoms with E-state index in [4.69, 9.17) is 0 Å². The first-order valence-corrected chi connectivity index (χ1v) is 8.25. The van der Waals surface area contributed by atoms with Gasteiger partial charge in [0.15, 0.2) is 0 Å². The second-order valence-corrected chi connectivity index (χ2v) is 7.54. The Morgan fingerprint density at radius 2 is 2.05 bits per heavy atom. The second-order valence-electron chi connectivity index (χ2n) is 7.54. The highest BCUT2D eigenvalue weighted by molar-refractivity contribution is 5.04. The zero-order valence-electron chi connectivity index (χ0n) is 13.0. The van der Waals surface area contributed by atoms with Gasteiger partial charge < -0.3 is 10.2 Å². The van der Waals surface area contributed by atoms with Crippen LogP contribution in [0.25, 0.3) is 0 Å². The maximum absolute atomic E-state index is 3.58. The summed E-state index contributed by atoms with van der Waals surface area (Å²) in [5, 5.41) is 3.58. The summed E-state index contributed by atoms with van der Waals surface area (Å²) in [4.78, 5) is 5.38. The molecule has 0 saturated carbocycles. The van der Waals surface area contributed by atoms with E-state index in [-0.39, 0.29) is 0 Å². The number of hydrogen-bond donors (Lipinski definition) is 1. The lowest BCUT2D eigenvalue weighted by Crippen LogP contribution is -2.46. The average Bonchev–Trinajstić information content (AvgIpc) is 2.92. The molecule has 3 aliphatic rings. The third-order valence-corrected chi connectivity index (χ3v) is 6.17. The van der Waals surface area contributed by atoms with Gasteiger partial charge in [0, 0.05) is 31.2 Å². The largest absolute Gasteiger partial charge is 0.316 e. The lowest BCUT2D eigenvalue weighted by atomic mass is 9.84. The van der Waals surface area contributed by atoms with Gasteiger partial charge >= 0.3 is 0 Å². The number of fused-ring (bicyclic) bond motifs is 1. The Balaban J connectivity index is 1.55. The highest BCUT2D eigenvalue weighted by Gasteiger charge is 2.49. The fourth-order valence-electron chi connectivity index (χ4n) is 4.70. The van der Waals surface area contributed by atoms with Crippen LogP contribution in [0, 0.1) is 11.8 Å². The van der Waals surface area contributed by atoms with E-state index in [1.807, 2.05) is 0 Å². The van der Waals surface area contributed by atoms with E-state index in [0.717, 1.165) is 17.9 Å². The normalized spacial score (nSPS) is 39.6. The van der Waals surface area contributed by atoms with E-state index in [9.17, 15) is 0 Å². The Labute approximate surface area is 118 Å². The molecule has 0 spiro atoms. The minimum atomic E-state index is 0.404. The molecule has 3 fully saturated rings. The molecule has 0 aliphatic carbocycles. The van der Waals surface area contributed by atoms with Gasteiger partial charge in [-0.2, -0.15) is 0 Å². The van der Waals surface area contributed by atoms with Gasteiger partial charge in [-0.05, 0) is 65.1 Å². The van der Waals surface area contributed by atoms with Gasteiger partial charge in [-0.1, -0.05) is 6.42 Å². The van der Waals surface area contributed by atoms with Crippen LogP contribution in [0.1, 0.15) is 39.5 Å². The van der Waals surface area contributed by atoms with E-state index in [0.29, 0.717) is 5.54 Å². The first kappa shape index (κ1) is 13.8. The van der Waals surface area contributed by atoms with Crippen LogP contribution in [0.2, 0.25) is 0 Å². The number of piperidine rings is 1. The fraction of sp³-hybridized carbons (Fsp3) is 1.00. The van der Waals surface area contributed by atoms with Crippen LogP contribution in [-0.2, 0) is 0 Å². The highest BCUT2D eigenvalue weighted by Crippen LogP contribution is 2.40. The number of nitrogens with zero attached hydrogens (tertiary/aromatic N) is 2. The van der Waals surface area contributed by atoms with Crippen molar-refractivity contribution in [3.63, 3.8) is 0 Å². The molecule has 3 heterocycles. The van der Waals surface area contributed by atoms with Crippen molar-refractivity contribution in [1.82, 2.24) is 15.1 Å². The predicted molar refractivity (Wildman–Crippen MR) is 80.4 cm³/mol.